The lowest BCUT2D eigenvalue weighted by atomic mass is 9.96. The standard InChI is InChI=1S/C47H53N3O8/c1-31(2)43-30-57-46(54)42(50-47(55)58-29-41-39-18-11-9-16-37(39)38-17-10-12-19-40(38)41)20-8-4-7-15-34(45(53)49-43)26-44(52)48-35(27-51)25-32-21-23-36(24-22-32)56-28-33-13-5-3-6-14-33/h3-7,9-14,16-19,21-24,31,34-35,41-43,51H,8,15,20,25-30H2,1-2H3,(H,48,52)(H,49,53)(H,50,55). The second kappa shape index (κ2) is 20.5. The van der Waals surface area contributed by atoms with Gasteiger partial charge in [0.05, 0.1) is 24.6 Å². The number of benzene rings is 4. The van der Waals surface area contributed by atoms with E-state index in [2.05, 4.69) is 28.1 Å². The maximum atomic E-state index is 13.6. The second-order valence-corrected chi connectivity index (χ2v) is 15.3. The molecule has 2 aliphatic rings. The Hall–Kier alpha value is -5.94. The van der Waals surface area contributed by atoms with Crippen LogP contribution in [0.1, 0.15) is 67.7 Å². The van der Waals surface area contributed by atoms with E-state index in [9.17, 15) is 24.3 Å². The molecular formula is C47H53N3O8. The molecule has 0 spiro atoms. The van der Waals surface area contributed by atoms with Crippen molar-refractivity contribution in [1.82, 2.24) is 16.0 Å². The van der Waals surface area contributed by atoms with Crippen LogP contribution in [-0.4, -0.2) is 66.9 Å². The van der Waals surface area contributed by atoms with E-state index in [1.54, 1.807) is 0 Å². The molecule has 4 atom stereocenters. The van der Waals surface area contributed by atoms with Crippen LogP contribution in [0.4, 0.5) is 4.79 Å². The number of fused-ring (bicyclic) bond motifs is 3. The fourth-order valence-corrected chi connectivity index (χ4v) is 7.35. The van der Waals surface area contributed by atoms with Crippen LogP contribution in [0.25, 0.3) is 11.1 Å². The first-order chi connectivity index (χ1) is 28.2. The van der Waals surface area contributed by atoms with Gasteiger partial charge in [-0.15, -0.1) is 0 Å². The van der Waals surface area contributed by atoms with Crippen molar-refractivity contribution in [3.63, 3.8) is 0 Å². The summed E-state index contributed by atoms with van der Waals surface area (Å²) < 4.78 is 17.3. The molecule has 3 amide bonds. The normalized spacial score (nSPS) is 18.9. The average molecular weight is 788 g/mol. The second-order valence-electron chi connectivity index (χ2n) is 15.3. The van der Waals surface area contributed by atoms with Crippen LogP contribution in [0.5, 0.6) is 5.75 Å². The lowest BCUT2D eigenvalue weighted by Crippen LogP contribution is -2.48. The smallest absolute Gasteiger partial charge is 0.407 e. The Morgan fingerprint density at radius 3 is 2.21 bits per heavy atom. The Morgan fingerprint density at radius 1 is 0.862 bits per heavy atom. The molecule has 1 aliphatic carbocycles. The van der Waals surface area contributed by atoms with Crippen LogP contribution in [0.2, 0.25) is 0 Å². The summed E-state index contributed by atoms with van der Waals surface area (Å²) in [5.74, 6) is -1.55. The summed E-state index contributed by atoms with van der Waals surface area (Å²) in [4.78, 5) is 53.4. The molecule has 0 bridgehead atoms. The molecule has 4 aromatic rings. The summed E-state index contributed by atoms with van der Waals surface area (Å²) in [6, 6.07) is 31.5. The molecule has 4 aromatic carbocycles. The quantitative estimate of drug-likeness (QED) is 0.0872. The van der Waals surface area contributed by atoms with E-state index in [0.717, 1.165) is 33.4 Å². The Balaban J connectivity index is 1.02. The van der Waals surface area contributed by atoms with Gasteiger partial charge >= 0.3 is 12.1 Å². The summed E-state index contributed by atoms with van der Waals surface area (Å²) in [6.07, 6.45) is 4.15. The molecule has 0 fully saturated rings. The maximum absolute atomic E-state index is 13.6. The van der Waals surface area contributed by atoms with Crippen molar-refractivity contribution in [1.29, 1.82) is 0 Å². The van der Waals surface area contributed by atoms with Gasteiger partial charge in [-0.2, -0.15) is 0 Å². The number of hydrogen-bond donors (Lipinski definition) is 4. The van der Waals surface area contributed by atoms with E-state index < -0.39 is 36.1 Å². The monoisotopic (exact) mass is 787 g/mol. The summed E-state index contributed by atoms with van der Waals surface area (Å²) >= 11 is 0. The number of esters is 1. The number of ether oxygens (including phenoxy) is 3. The Labute approximate surface area is 340 Å². The van der Waals surface area contributed by atoms with Crippen LogP contribution >= 0.6 is 0 Å². The number of carbonyl (C=O) groups is 4. The zero-order valence-electron chi connectivity index (χ0n) is 33.1. The minimum Gasteiger partial charge on any atom is -0.489 e. The lowest BCUT2D eigenvalue weighted by molar-refractivity contribution is -0.148. The molecule has 11 heteroatoms. The van der Waals surface area contributed by atoms with E-state index in [1.807, 2.05) is 117 Å². The molecule has 6 rings (SSSR count). The molecule has 0 saturated heterocycles. The summed E-state index contributed by atoms with van der Waals surface area (Å²) in [7, 11) is 0. The molecule has 0 saturated carbocycles. The van der Waals surface area contributed by atoms with Gasteiger partial charge in [0, 0.05) is 12.3 Å². The van der Waals surface area contributed by atoms with E-state index >= 15 is 0 Å². The zero-order valence-corrected chi connectivity index (χ0v) is 33.1. The number of aliphatic hydroxyl groups excluding tert-OH is 1. The third-order valence-corrected chi connectivity index (χ3v) is 10.7. The molecular weight excluding hydrogens is 735 g/mol. The molecule has 1 aliphatic heterocycles. The summed E-state index contributed by atoms with van der Waals surface area (Å²) in [6.45, 7) is 3.97. The van der Waals surface area contributed by atoms with Gasteiger partial charge in [0.1, 0.15) is 31.6 Å². The van der Waals surface area contributed by atoms with Crippen molar-refractivity contribution in [2.75, 3.05) is 19.8 Å². The van der Waals surface area contributed by atoms with Crippen molar-refractivity contribution >= 4 is 23.9 Å². The number of hydrogen-bond acceptors (Lipinski definition) is 8. The van der Waals surface area contributed by atoms with Gasteiger partial charge in [0.2, 0.25) is 11.8 Å². The first-order valence-electron chi connectivity index (χ1n) is 20.1. The predicted molar refractivity (Wildman–Crippen MR) is 221 cm³/mol. The number of amides is 3. The first kappa shape index (κ1) is 41.7. The number of rotatable bonds is 13. The Kier molecular flexibility index (Phi) is 14.7. The van der Waals surface area contributed by atoms with Crippen LogP contribution in [-0.2, 0) is 36.9 Å². The van der Waals surface area contributed by atoms with Crippen molar-refractivity contribution < 1.29 is 38.5 Å². The van der Waals surface area contributed by atoms with E-state index in [4.69, 9.17) is 14.2 Å². The lowest BCUT2D eigenvalue weighted by Gasteiger charge is -2.26. The van der Waals surface area contributed by atoms with E-state index in [1.165, 1.54) is 0 Å². The number of carbonyl (C=O) groups excluding carboxylic acids is 4. The van der Waals surface area contributed by atoms with Gasteiger partial charge in [-0.05, 0) is 77.1 Å². The highest BCUT2D eigenvalue weighted by molar-refractivity contribution is 5.86. The van der Waals surface area contributed by atoms with Crippen LogP contribution in [0, 0.1) is 11.8 Å². The van der Waals surface area contributed by atoms with Gasteiger partial charge in [0.25, 0.3) is 0 Å². The minimum atomic E-state index is -0.973. The fraction of sp³-hybridized carbons (Fsp3) is 0.362. The number of cyclic esters (lactones) is 1. The highest BCUT2D eigenvalue weighted by atomic mass is 16.6. The van der Waals surface area contributed by atoms with Gasteiger partial charge < -0.3 is 35.3 Å². The molecule has 0 aromatic heterocycles. The number of alkyl carbamates (subject to hydrolysis) is 1. The average Bonchev–Trinajstić information content (AvgIpc) is 3.56. The maximum Gasteiger partial charge on any atom is 0.407 e. The van der Waals surface area contributed by atoms with Gasteiger partial charge in [-0.25, -0.2) is 9.59 Å². The topological polar surface area (TPSA) is 152 Å². The number of allylic oxidation sites excluding steroid dienone is 2. The third kappa shape index (κ3) is 11.3. The third-order valence-electron chi connectivity index (χ3n) is 10.7. The zero-order chi connectivity index (χ0) is 40.9. The molecule has 4 N–H and O–H groups in total. The van der Waals surface area contributed by atoms with Gasteiger partial charge in [-0.1, -0.05) is 117 Å². The number of nitrogens with one attached hydrogen (secondary N) is 3. The molecule has 0 radical (unpaired) electrons. The Bertz CT molecular complexity index is 1990. The molecule has 58 heavy (non-hydrogen) atoms. The number of aliphatic hydroxyl groups is 1. The SMILES string of the molecule is CC(C)C1COC(=O)C(NC(=O)OCC2c3ccccc3-c3ccccc32)CCC=CCC(CC(=O)NC(CO)Cc2ccc(OCc3ccccc3)cc2)C(=O)N1. The van der Waals surface area contributed by atoms with Crippen molar-refractivity contribution in [3.8, 4) is 16.9 Å². The van der Waals surface area contributed by atoms with Crippen LogP contribution in [0.15, 0.2) is 115 Å². The van der Waals surface area contributed by atoms with Gasteiger partial charge in [-0.3, -0.25) is 9.59 Å². The molecule has 304 valence electrons. The van der Waals surface area contributed by atoms with E-state index in [0.29, 0.717) is 25.2 Å². The first-order valence-corrected chi connectivity index (χ1v) is 20.1. The van der Waals surface area contributed by atoms with Crippen molar-refractivity contribution in [2.45, 2.75) is 76.6 Å². The van der Waals surface area contributed by atoms with Crippen LogP contribution in [0.3, 0.4) is 0 Å². The molecule has 11 nitrogen and oxygen atoms in total. The molecule has 1 heterocycles. The highest BCUT2D eigenvalue weighted by Gasteiger charge is 2.31. The summed E-state index contributed by atoms with van der Waals surface area (Å²) in [5.41, 5.74) is 6.37. The summed E-state index contributed by atoms with van der Waals surface area (Å²) in [5, 5.41) is 18.7. The molecule has 4 unspecified atom stereocenters. The Morgan fingerprint density at radius 2 is 1.53 bits per heavy atom. The largest absolute Gasteiger partial charge is 0.489 e. The van der Waals surface area contributed by atoms with Crippen LogP contribution < -0.4 is 20.7 Å². The highest BCUT2D eigenvalue weighted by Crippen LogP contribution is 2.44. The van der Waals surface area contributed by atoms with Crippen molar-refractivity contribution in [3.05, 3.63) is 138 Å². The minimum absolute atomic E-state index is 0.102. The predicted octanol–water partition coefficient (Wildman–Crippen LogP) is 6.62. The van der Waals surface area contributed by atoms with Crippen molar-refractivity contribution in [2.24, 2.45) is 11.8 Å². The van der Waals surface area contributed by atoms with Gasteiger partial charge in [0.15, 0.2) is 0 Å². The fourth-order valence-electron chi connectivity index (χ4n) is 7.35. The van der Waals surface area contributed by atoms with E-state index in [-0.39, 0.29) is 62.7 Å².